The van der Waals surface area contributed by atoms with Gasteiger partial charge in [0, 0.05) is 37.8 Å². The number of aromatic carboxylic acids is 1. The minimum absolute atomic E-state index is 0.298. The summed E-state index contributed by atoms with van der Waals surface area (Å²) in [6, 6.07) is 10.9. The molecule has 2 aromatic heterocycles. The molecule has 0 aliphatic carbocycles. The number of carbonyl (C=O) groups is 1. The first-order valence-electron chi connectivity index (χ1n) is 6.93. The van der Waals surface area contributed by atoms with Crippen LogP contribution in [0.4, 0.5) is 0 Å². The second kappa shape index (κ2) is 6.22. The Labute approximate surface area is 127 Å². The Kier molecular flexibility index (Phi) is 3.96. The summed E-state index contributed by atoms with van der Waals surface area (Å²) >= 11 is 0. The highest BCUT2D eigenvalue weighted by Crippen LogP contribution is 2.11. The number of benzene rings is 1. The molecule has 110 valence electrons. The highest BCUT2D eigenvalue weighted by atomic mass is 16.4. The van der Waals surface area contributed by atoms with Crippen LogP contribution in [0.5, 0.6) is 0 Å². The van der Waals surface area contributed by atoms with Crippen LogP contribution in [0.25, 0.3) is 0 Å². The van der Waals surface area contributed by atoms with Crippen LogP contribution >= 0.6 is 0 Å². The third kappa shape index (κ3) is 3.20. The standard InChI is InChI=1S/C17H15N3O2/c21-17(22)15-3-1-14(2-4-15)12-20-10-9-19-16(20)11-13-5-7-18-8-6-13/h1-10H,11-12H2,(H,21,22). The van der Waals surface area contributed by atoms with Crippen LogP contribution in [0, 0.1) is 0 Å². The minimum Gasteiger partial charge on any atom is -0.478 e. The van der Waals surface area contributed by atoms with E-state index in [4.69, 9.17) is 5.11 Å². The zero-order valence-corrected chi connectivity index (χ0v) is 11.9. The number of carboxylic acids is 1. The molecule has 0 radical (unpaired) electrons. The number of aromatic nitrogens is 3. The molecule has 5 heteroatoms. The number of imidazole rings is 1. The van der Waals surface area contributed by atoms with E-state index in [2.05, 4.69) is 14.5 Å². The van der Waals surface area contributed by atoms with Crippen LogP contribution in [0.3, 0.4) is 0 Å². The van der Waals surface area contributed by atoms with Gasteiger partial charge in [0.15, 0.2) is 0 Å². The average Bonchev–Trinajstić information content (AvgIpc) is 2.96. The molecule has 3 rings (SSSR count). The fourth-order valence-electron chi connectivity index (χ4n) is 2.28. The highest BCUT2D eigenvalue weighted by molar-refractivity contribution is 5.87. The molecule has 0 amide bonds. The maximum absolute atomic E-state index is 10.9. The van der Waals surface area contributed by atoms with Gasteiger partial charge < -0.3 is 9.67 Å². The number of nitrogens with zero attached hydrogens (tertiary/aromatic N) is 3. The Balaban J connectivity index is 1.76. The van der Waals surface area contributed by atoms with Gasteiger partial charge in [-0.05, 0) is 35.4 Å². The lowest BCUT2D eigenvalue weighted by atomic mass is 10.1. The molecule has 2 heterocycles. The van der Waals surface area contributed by atoms with Crippen molar-refractivity contribution in [2.45, 2.75) is 13.0 Å². The van der Waals surface area contributed by atoms with E-state index in [0.29, 0.717) is 12.1 Å². The lowest BCUT2D eigenvalue weighted by molar-refractivity contribution is 0.0697. The molecule has 22 heavy (non-hydrogen) atoms. The summed E-state index contributed by atoms with van der Waals surface area (Å²) in [7, 11) is 0. The highest BCUT2D eigenvalue weighted by Gasteiger charge is 2.06. The number of hydrogen-bond donors (Lipinski definition) is 1. The predicted octanol–water partition coefficient (Wildman–Crippen LogP) is 2.62. The van der Waals surface area contributed by atoms with E-state index in [1.54, 1.807) is 30.7 Å². The number of hydrogen-bond acceptors (Lipinski definition) is 3. The van der Waals surface area contributed by atoms with Crippen molar-refractivity contribution in [2.24, 2.45) is 0 Å². The van der Waals surface area contributed by atoms with Gasteiger partial charge in [-0.3, -0.25) is 4.98 Å². The summed E-state index contributed by atoms with van der Waals surface area (Å²) in [4.78, 5) is 19.3. The number of pyridine rings is 1. The van der Waals surface area contributed by atoms with Gasteiger partial charge in [0.25, 0.3) is 0 Å². The van der Waals surface area contributed by atoms with E-state index in [9.17, 15) is 4.79 Å². The maximum Gasteiger partial charge on any atom is 0.335 e. The summed E-state index contributed by atoms with van der Waals surface area (Å²) in [6.07, 6.45) is 7.99. The Morgan fingerprint density at radius 1 is 1.00 bits per heavy atom. The van der Waals surface area contributed by atoms with E-state index in [-0.39, 0.29) is 0 Å². The lowest BCUT2D eigenvalue weighted by Gasteiger charge is -2.08. The molecule has 0 bridgehead atoms. The van der Waals surface area contributed by atoms with Crippen LogP contribution in [-0.4, -0.2) is 25.6 Å². The van der Waals surface area contributed by atoms with Crippen molar-refractivity contribution in [1.82, 2.24) is 14.5 Å². The third-order valence-electron chi connectivity index (χ3n) is 3.47. The molecule has 0 unspecified atom stereocenters. The van der Waals surface area contributed by atoms with Gasteiger partial charge in [-0.15, -0.1) is 0 Å². The van der Waals surface area contributed by atoms with Crippen molar-refractivity contribution >= 4 is 5.97 Å². The average molecular weight is 293 g/mol. The predicted molar refractivity (Wildman–Crippen MR) is 81.8 cm³/mol. The first kappa shape index (κ1) is 14.0. The maximum atomic E-state index is 10.9. The van der Waals surface area contributed by atoms with Crippen molar-refractivity contribution in [3.05, 3.63) is 83.7 Å². The van der Waals surface area contributed by atoms with Gasteiger partial charge >= 0.3 is 5.97 Å². The number of carboxylic acid groups (broad SMARTS) is 1. The van der Waals surface area contributed by atoms with Crippen LogP contribution < -0.4 is 0 Å². The molecule has 0 aliphatic rings. The van der Waals surface area contributed by atoms with E-state index >= 15 is 0 Å². The lowest BCUT2D eigenvalue weighted by Crippen LogP contribution is -2.05. The second-order valence-corrected chi connectivity index (χ2v) is 5.01. The van der Waals surface area contributed by atoms with Crippen molar-refractivity contribution in [3.8, 4) is 0 Å². The normalized spacial score (nSPS) is 10.5. The smallest absolute Gasteiger partial charge is 0.335 e. The minimum atomic E-state index is -0.910. The Hall–Kier alpha value is -2.95. The summed E-state index contributed by atoms with van der Waals surface area (Å²) < 4.78 is 2.07. The van der Waals surface area contributed by atoms with Gasteiger partial charge in [-0.2, -0.15) is 0 Å². The number of rotatable bonds is 5. The first-order chi connectivity index (χ1) is 10.7. The zero-order valence-electron chi connectivity index (χ0n) is 11.9. The topological polar surface area (TPSA) is 68.0 Å². The van der Waals surface area contributed by atoms with E-state index < -0.39 is 5.97 Å². The fourth-order valence-corrected chi connectivity index (χ4v) is 2.28. The first-order valence-corrected chi connectivity index (χ1v) is 6.93. The molecule has 0 fully saturated rings. The van der Waals surface area contributed by atoms with Crippen LogP contribution in [0.15, 0.2) is 61.2 Å². The molecule has 0 atom stereocenters. The summed E-state index contributed by atoms with van der Waals surface area (Å²) in [6.45, 7) is 0.667. The quantitative estimate of drug-likeness (QED) is 0.785. The van der Waals surface area contributed by atoms with Crippen molar-refractivity contribution < 1.29 is 9.90 Å². The molecule has 5 nitrogen and oxygen atoms in total. The van der Waals surface area contributed by atoms with Gasteiger partial charge in [0.05, 0.1) is 5.56 Å². The summed E-state index contributed by atoms with van der Waals surface area (Å²) in [5, 5.41) is 8.92. The molecular formula is C17H15N3O2. The van der Waals surface area contributed by atoms with Crippen LogP contribution in [0.2, 0.25) is 0 Å². The molecule has 0 aliphatic heterocycles. The zero-order chi connectivity index (χ0) is 15.4. The molecular weight excluding hydrogens is 278 g/mol. The molecule has 0 spiro atoms. The van der Waals surface area contributed by atoms with Crippen molar-refractivity contribution in [3.63, 3.8) is 0 Å². The molecule has 1 N–H and O–H groups in total. The van der Waals surface area contributed by atoms with E-state index in [0.717, 1.165) is 23.4 Å². The van der Waals surface area contributed by atoms with Gasteiger partial charge in [0.2, 0.25) is 0 Å². The summed E-state index contributed by atoms with van der Waals surface area (Å²) in [5.74, 6) is 0.0565. The summed E-state index contributed by atoms with van der Waals surface area (Å²) in [5.41, 5.74) is 2.49. The van der Waals surface area contributed by atoms with Crippen molar-refractivity contribution in [2.75, 3.05) is 0 Å². The van der Waals surface area contributed by atoms with E-state index in [1.807, 2.05) is 30.5 Å². The van der Waals surface area contributed by atoms with Gasteiger partial charge in [-0.25, -0.2) is 9.78 Å². The molecule has 1 aromatic carbocycles. The third-order valence-corrected chi connectivity index (χ3v) is 3.47. The Bertz CT molecular complexity index is 764. The Morgan fingerprint density at radius 2 is 1.73 bits per heavy atom. The monoisotopic (exact) mass is 293 g/mol. The van der Waals surface area contributed by atoms with Gasteiger partial charge in [-0.1, -0.05) is 12.1 Å². The van der Waals surface area contributed by atoms with Crippen molar-refractivity contribution in [1.29, 1.82) is 0 Å². The van der Waals surface area contributed by atoms with Gasteiger partial charge in [0.1, 0.15) is 5.82 Å². The largest absolute Gasteiger partial charge is 0.478 e. The Morgan fingerprint density at radius 3 is 2.41 bits per heavy atom. The molecule has 0 saturated heterocycles. The SMILES string of the molecule is O=C(O)c1ccc(Cn2ccnc2Cc2ccncc2)cc1. The fraction of sp³-hybridized carbons (Fsp3) is 0.118. The van der Waals surface area contributed by atoms with Crippen LogP contribution in [-0.2, 0) is 13.0 Å². The molecule has 0 saturated carbocycles. The second-order valence-electron chi connectivity index (χ2n) is 5.01. The van der Waals surface area contributed by atoms with Crippen LogP contribution in [0.1, 0.15) is 27.3 Å². The molecule has 3 aromatic rings. The van der Waals surface area contributed by atoms with E-state index in [1.165, 1.54) is 0 Å².